The predicted octanol–water partition coefficient (Wildman–Crippen LogP) is 5.81. The molecular formula is C27H35ClN4O2. The molecule has 2 fully saturated rings. The van der Waals surface area contributed by atoms with E-state index >= 15 is 0 Å². The number of piperazine rings is 1. The van der Waals surface area contributed by atoms with E-state index in [0.717, 1.165) is 18.5 Å². The number of nitrogens with one attached hydrogen (secondary N) is 2. The van der Waals surface area contributed by atoms with Gasteiger partial charge in [0.05, 0.1) is 6.04 Å². The normalized spacial score (nSPS) is 18.2. The molecule has 1 aliphatic carbocycles. The molecule has 1 unspecified atom stereocenters. The van der Waals surface area contributed by atoms with E-state index in [4.69, 9.17) is 11.6 Å². The minimum atomic E-state index is -0.162. The number of carbonyl (C=O) groups excluding carboxylic acids is 2. The Kier molecular flexibility index (Phi) is 8.11. The Morgan fingerprint density at radius 2 is 1.59 bits per heavy atom. The minimum Gasteiger partial charge on any atom is -0.325 e. The summed E-state index contributed by atoms with van der Waals surface area (Å²) in [6.07, 6.45) is 4.53. The first-order valence-corrected chi connectivity index (χ1v) is 12.7. The fraction of sp³-hybridized carbons (Fsp3) is 0.481. The summed E-state index contributed by atoms with van der Waals surface area (Å²) in [7, 11) is 0. The van der Waals surface area contributed by atoms with Gasteiger partial charge in [-0.15, -0.1) is 0 Å². The Hall–Kier alpha value is -2.57. The summed E-state index contributed by atoms with van der Waals surface area (Å²) >= 11 is 6.03. The van der Waals surface area contributed by atoms with Crippen LogP contribution in [-0.2, 0) is 4.79 Å². The smallest absolute Gasteiger partial charge is 0.321 e. The number of anilines is 2. The van der Waals surface area contributed by atoms with Gasteiger partial charge >= 0.3 is 6.03 Å². The Balaban J connectivity index is 1.38. The van der Waals surface area contributed by atoms with Gasteiger partial charge < -0.3 is 15.5 Å². The lowest BCUT2D eigenvalue weighted by Crippen LogP contribution is -2.57. The molecule has 2 N–H and O–H groups in total. The van der Waals surface area contributed by atoms with Crippen molar-refractivity contribution in [3.8, 4) is 0 Å². The number of halogens is 1. The SMILES string of the molecule is CC(C)c1ccc(NC(=O)C(C2CCCC2)N2CCN(C(=O)Nc3cccc(Cl)c3)CC2)cc1. The number of hydrogen-bond acceptors (Lipinski definition) is 3. The monoisotopic (exact) mass is 482 g/mol. The summed E-state index contributed by atoms with van der Waals surface area (Å²) in [5, 5.41) is 6.68. The summed E-state index contributed by atoms with van der Waals surface area (Å²) in [6, 6.07) is 15.0. The van der Waals surface area contributed by atoms with Crippen LogP contribution in [0.25, 0.3) is 0 Å². The molecule has 1 saturated heterocycles. The molecule has 1 atom stereocenters. The second kappa shape index (κ2) is 11.2. The van der Waals surface area contributed by atoms with Crippen LogP contribution in [0.4, 0.5) is 16.2 Å². The van der Waals surface area contributed by atoms with E-state index in [0.29, 0.717) is 48.7 Å². The summed E-state index contributed by atoms with van der Waals surface area (Å²) in [6.45, 7) is 6.88. The van der Waals surface area contributed by atoms with E-state index in [1.807, 2.05) is 29.2 Å². The topological polar surface area (TPSA) is 64.7 Å². The van der Waals surface area contributed by atoms with Gasteiger partial charge in [0.2, 0.25) is 5.91 Å². The molecule has 182 valence electrons. The van der Waals surface area contributed by atoms with Gasteiger partial charge in [0.15, 0.2) is 0 Å². The first-order chi connectivity index (χ1) is 16.4. The van der Waals surface area contributed by atoms with Crippen molar-refractivity contribution < 1.29 is 9.59 Å². The van der Waals surface area contributed by atoms with Gasteiger partial charge in [-0.1, -0.05) is 56.5 Å². The molecule has 4 rings (SSSR count). The molecule has 0 bridgehead atoms. The lowest BCUT2D eigenvalue weighted by atomic mass is 9.94. The first-order valence-electron chi connectivity index (χ1n) is 12.4. The first kappa shape index (κ1) is 24.6. The van der Waals surface area contributed by atoms with Crippen molar-refractivity contribution in [3.63, 3.8) is 0 Å². The maximum absolute atomic E-state index is 13.4. The van der Waals surface area contributed by atoms with Crippen LogP contribution in [0, 0.1) is 5.92 Å². The van der Waals surface area contributed by atoms with Crippen LogP contribution in [0.15, 0.2) is 48.5 Å². The third-order valence-corrected chi connectivity index (χ3v) is 7.27. The Labute approximate surface area is 207 Å². The van der Waals surface area contributed by atoms with Crippen LogP contribution in [0.1, 0.15) is 51.0 Å². The molecule has 3 amide bonds. The highest BCUT2D eigenvalue weighted by Crippen LogP contribution is 2.32. The van der Waals surface area contributed by atoms with Gasteiger partial charge in [-0.3, -0.25) is 9.69 Å². The van der Waals surface area contributed by atoms with Gasteiger partial charge in [0.25, 0.3) is 0 Å². The zero-order valence-electron chi connectivity index (χ0n) is 20.1. The number of carbonyl (C=O) groups is 2. The van der Waals surface area contributed by atoms with Crippen LogP contribution in [0.3, 0.4) is 0 Å². The van der Waals surface area contributed by atoms with Gasteiger partial charge in [-0.2, -0.15) is 0 Å². The Morgan fingerprint density at radius 1 is 0.912 bits per heavy atom. The molecule has 2 aromatic rings. The van der Waals surface area contributed by atoms with Crippen molar-refractivity contribution in [2.45, 2.75) is 51.5 Å². The predicted molar refractivity (Wildman–Crippen MR) is 139 cm³/mol. The van der Waals surface area contributed by atoms with Gasteiger partial charge in [-0.25, -0.2) is 4.79 Å². The number of amides is 3. The van der Waals surface area contributed by atoms with Crippen LogP contribution in [-0.4, -0.2) is 54.0 Å². The number of benzene rings is 2. The van der Waals surface area contributed by atoms with Crippen LogP contribution in [0.2, 0.25) is 5.02 Å². The number of urea groups is 1. The molecule has 2 aromatic carbocycles. The fourth-order valence-corrected chi connectivity index (χ4v) is 5.28. The third kappa shape index (κ3) is 6.10. The van der Waals surface area contributed by atoms with Crippen LogP contribution < -0.4 is 10.6 Å². The van der Waals surface area contributed by atoms with Gasteiger partial charge in [-0.05, 0) is 60.6 Å². The summed E-state index contributed by atoms with van der Waals surface area (Å²) in [5.74, 6) is 0.895. The van der Waals surface area contributed by atoms with E-state index < -0.39 is 0 Å². The Morgan fingerprint density at radius 3 is 2.21 bits per heavy atom. The molecule has 1 saturated carbocycles. The molecule has 0 aromatic heterocycles. The zero-order valence-corrected chi connectivity index (χ0v) is 20.9. The molecule has 0 radical (unpaired) electrons. The summed E-state index contributed by atoms with van der Waals surface area (Å²) in [4.78, 5) is 30.3. The van der Waals surface area contributed by atoms with Crippen LogP contribution >= 0.6 is 11.6 Å². The van der Waals surface area contributed by atoms with Crippen molar-refractivity contribution in [1.82, 2.24) is 9.80 Å². The highest BCUT2D eigenvalue weighted by Gasteiger charge is 2.37. The van der Waals surface area contributed by atoms with E-state index in [1.165, 1.54) is 18.4 Å². The van der Waals surface area contributed by atoms with E-state index in [9.17, 15) is 9.59 Å². The standard InChI is InChI=1S/C27H35ClN4O2/c1-19(2)20-10-12-23(13-11-20)29-26(33)25(21-6-3-4-7-21)31-14-16-32(17-15-31)27(34)30-24-9-5-8-22(28)18-24/h5,8-13,18-19,21,25H,3-4,6-7,14-17H2,1-2H3,(H,29,33)(H,30,34). The quantitative estimate of drug-likeness (QED) is 0.546. The highest BCUT2D eigenvalue weighted by atomic mass is 35.5. The van der Waals surface area contributed by atoms with Crippen molar-refractivity contribution >= 4 is 34.9 Å². The largest absolute Gasteiger partial charge is 0.325 e. The fourth-order valence-electron chi connectivity index (χ4n) is 5.09. The minimum absolute atomic E-state index is 0.0704. The lowest BCUT2D eigenvalue weighted by molar-refractivity contribution is -0.123. The van der Waals surface area contributed by atoms with Gasteiger partial charge in [0, 0.05) is 42.6 Å². The van der Waals surface area contributed by atoms with Crippen molar-refractivity contribution in [3.05, 3.63) is 59.1 Å². The lowest BCUT2D eigenvalue weighted by Gasteiger charge is -2.40. The maximum atomic E-state index is 13.4. The molecule has 2 aliphatic rings. The highest BCUT2D eigenvalue weighted by molar-refractivity contribution is 6.30. The second-order valence-corrected chi connectivity index (χ2v) is 10.2. The average Bonchev–Trinajstić information content (AvgIpc) is 3.34. The van der Waals surface area contributed by atoms with E-state index in [1.54, 1.807) is 12.1 Å². The molecule has 1 heterocycles. The molecule has 0 spiro atoms. The molecular weight excluding hydrogens is 448 g/mol. The average molecular weight is 483 g/mol. The molecule has 6 nitrogen and oxygen atoms in total. The number of nitrogens with zero attached hydrogens (tertiary/aromatic N) is 2. The molecule has 1 aliphatic heterocycles. The molecule has 7 heteroatoms. The van der Waals surface area contributed by atoms with Crippen molar-refractivity contribution in [2.24, 2.45) is 5.92 Å². The summed E-state index contributed by atoms with van der Waals surface area (Å²) in [5.41, 5.74) is 2.79. The van der Waals surface area contributed by atoms with Gasteiger partial charge in [0.1, 0.15) is 0 Å². The third-order valence-electron chi connectivity index (χ3n) is 7.03. The number of hydrogen-bond donors (Lipinski definition) is 2. The zero-order chi connectivity index (χ0) is 24.1. The van der Waals surface area contributed by atoms with E-state index in [2.05, 4.69) is 41.5 Å². The second-order valence-electron chi connectivity index (χ2n) is 9.72. The van der Waals surface area contributed by atoms with Crippen LogP contribution in [0.5, 0.6) is 0 Å². The Bertz CT molecular complexity index is 980. The van der Waals surface area contributed by atoms with Crippen molar-refractivity contribution in [1.29, 1.82) is 0 Å². The maximum Gasteiger partial charge on any atom is 0.321 e. The molecule has 34 heavy (non-hydrogen) atoms. The van der Waals surface area contributed by atoms with Crippen molar-refractivity contribution in [2.75, 3.05) is 36.8 Å². The number of rotatable bonds is 6. The summed E-state index contributed by atoms with van der Waals surface area (Å²) < 4.78 is 0. The van der Waals surface area contributed by atoms with E-state index in [-0.39, 0.29) is 18.0 Å².